The Balaban J connectivity index is 0.000000780. The molecule has 440 valence electrons. The van der Waals surface area contributed by atoms with Crippen molar-refractivity contribution in [2.75, 3.05) is 0 Å². The molecule has 0 aromatic heterocycles. The summed E-state index contributed by atoms with van der Waals surface area (Å²) in [4.78, 5) is -12.6. The molecule has 0 spiro atoms. The number of nitrogens with one attached hydrogen (secondary N) is 2. The van der Waals surface area contributed by atoms with E-state index >= 15 is 0 Å². The Kier molecular flexibility index (Phi) is 22.6. The number of hydrogen-bond donors (Lipinski definition) is 0. The fraction of sp³-hybridized carbons (Fsp3) is 0.250. The molecule has 4 aromatic carbocycles. The Bertz CT molecular complexity index is 3330. The molecule has 0 aliphatic heterocycles. The minimum Gasteiger partial charge on any atom is -0.560 e. The van der Waals surface area contributed by atoms with Gasteiger partial charge in [-0.25, -0.2) is 77.6 Å². The summed E-state index contributed by atoms with van der Waals surface area (Å²) in [6.07, 6.45) is 0. The third kappa shape index (κ3) is 12.2. The van der Waals surface area contributed by atoms with E-state index in [1.165, 1.54) is 0 Å². The van der Waals surface area contributed by atoms with Crippen molar-refractivity contribution in [1.82, 2.24) is 9.50 Å². The summed E-state index contributed by atoms with van der Waals surface area (Å²) in [7, 11) is -26.7. The first-order chi connectivity index (χ1) is 34.4. The second-order valence-corrected chi connectivity index (χ2v) is 20.3. The van der Waals surface area contributed by atoms with Gasteiger partial charge in [-0.2, -0.15) is 70.2 Å². The smallest absolute Gasteiger partial charge is 0.560 e. The van der Waals surface area contributed by atoms with Gasteiger partial charge in [-0.15, -0.1) is 0 Å². The molecular formula is C32H8F30K2N4O8S4. The Labute approximate surface area is 506 Å². The van der Waals surface area contributed by atoms with Crippen LogP contribution < -0.4 is 103 Å². The average Bonchev–Trinajstić information content (AvgIpc) is 3.28. The fourth-order valence-electron chi connectivity index (χ4n) is 5.81. The zero-order valence-corrected chi connectivity index (χ0v) is 46.1. The van der Waals surface area contributed by atoms with Crippen LogP contribution in [0, 0.1) is 58.2 Å². The van der Waals surface area contributed by atoms with Crippen LogP contribution in [0.4, 0.5) is 132 Å². The van der Waals surface area contributed by atoms with E-state index in [0.29, 0.717) is 0 Å². The molecule has 0 aliphatic carbocycles. The molecule has 0 saturated carbocycles. The van der Waals surface area contributed by atoms with Crippen LogP contribution in [-0.4, -0.2) is 66.9 Å². The summed E-state index contributed by atoms with van der Waals surface area (Å²) in [5.74, 6) is -95.6. The number of sulfonamides is 4. The third-order valence-corrected chi connectivity index (χ3v) is 13.9. The second-order valence-electron chi connectivity index (χ2n) is 14.2. The number of alkyl halides is 16. The van der Waals surface area contributed by atoms with Crippen molar-refractivity contribution in [3.05, 3.63) is 127 Å². The van der Waals surface area contributed by atoms with Crippen molar-refractivity contribution in [3.63, 3.8) is 0 Å². The monoisotopic (exact) mass is 1350 g/mol. The van der Waals surface area contributed by atoms with Crippen LogP contribution in [0.25, 0.3) is 10.3 Å². The largest absolute Gasteiger partial charge is 1.00 e. The Morgan fingerprint density at radius 3 is 0.762 bits per heavy atom. The predicted molar refractivity (Wildman–Crippen MR) is 186 cm³/mol. The normalized spacial score (nSPS) is 13.9. The van der Waals surface area contributed by atoms with Crippen LogP contribution in [0.15, 0.2) is 56.0 Å². The molecule has 0 bridgehead atoms. The van der Waals surface area contributed by atoms with Gasteiger partial charge in [-0.3, -0.25) is 0 Å². The van der Waals surface area contributed by atoms with Crippen molar-refractivity contribution in [3.8, 4) is 0 Å². The quantitative estimate of drug-likeness (QED) is 0.0424. The van der Waals surface area contributed by atoms with Crippen LogP contribution in [0.1, 0.15) is 22.3 Å². The van der Waals surface area contributed by atoms with Gasteiger partial charge in [0.15, 0.2) is 46.5 Å². The van der Waals surface area contributed by atoms with Crippen LogP contribution in [-0.2, 0) is 63.8 Å². The van der Waals surface area contributed by atoms with E-state index in [1.54, 1.807) is 0 Å². The Hall–Kier alpha value is -2.31. The van der Waals surface area contributed by atoms with Gasteiger partial charge in [-0.1, -0.05) is 17.9 Å². The first-order valence-corrected chi connectivity index (χ1v) is 23.3. The van der Waals surface area contributed by atoms with Crippen molar-refractivity contribution < 1.29 is 269 Å². The molecule has 4 rings (SSSR count). The van der Waals surface area contributed by atoms with Crippen LogP contribution in [0.2, 0.25) is 0 Å². The predicted octanol–water partition coefficient (Wildman–Crippen LogP) is 6.08. The molecule has 0 aliphatic rings. The molecule has 48 heteroatoms. The topological polar surface area (TPSA) is 191 Å². The zero-order chi connectivity index (χ0) is 61.8. The van der Waals surface area contributed by atoms with Crippen LogP contribution >= 0.6 is 0 Å². The number of hydrogen-bond acceptors (Lipinski definition) is 8. The maximum atomic E-state index is 14.7. The van der Waals surface area contributed by atoms with Crippen LogP contribution in [0.5, 0.6) is 0 Å². The molecule has 0 amide bonds. The van der Waals surface area contributed by atoms with Crippen molar-refractivity contribution in [2.45, 2.75) is 67.0 Å². The van der Waals surface area contributed by atoms with E-state index in [-0.39, 0.29) is 127 Å². The molecule has 12 nitrogen and oxygen atoms in total. The Morgan fingerprint density at radius 1 is 0.338 bits per heavy atom. The molecule has 4 aromatic rings. The molecule has 0 fully saturated rings. The molecule has 0 heterocycles. The van der Waals surface area contributed by atoms with Crippen molar-refractivity contribution in [2.24, 2.45) is 0 Å². The molecule has 80 heavy (non-hydrogen) atoms. The molecular weight excluding hydrogens is 1340 g/mol. The SMILES string of the molecule is [K+].[K+].[NH-]S(=O)(=O)c1ccc(F)cc1C(F)(F)C(F)(F)C(F)(F)C(F)(F)c1c(F)c(F)c(F)c(F)c1S(=O)(=O)N(F)F.[NH-]S(=O)(=O)c1ccc(F)cc1C(F)(F)C(F)(F)C(F)(F)C(F)(F)c1c(F)c(F)c(F)c(F)c1S(=O)(=O)N(F)F. The molecule has 0 atom stereocenters. The molecule has 0 saturated heterocycles. The minimum absolute atomic E-state index is 0. The molecule has 2 N–H and O–H groups in total. The number of rotatable bonds is 16. The molecule has 0 radical (unpaired) electrons. The maximum Gasteiger partial charge on any atom is 1.00 e. The zero-order valence-electron chi connectivity index (χ0n) is 36.6. The van der Waals surface area contributed by atoms with Crippen molar-refractivity contribution >= 4 is 40.1 Å². The van der Waals surface area contributed by atoms with Crippen molar-refractivity contribution in [1.29, 1.82) is 0 Å². The van der Waals surface area contributed by atoms with Gasteiger partial charge in [0.2, 0.25) is 0 Å². The summed E-state index contributed by atoms with van der Waals surface area (Å²) in [6.45, 7) is 0. The summed E-state index contributed by atoms with van der Waals surface area (Å²) in [5.41, 5.74) is -14.8. The van der Waals surface area contributed by atoms with Gasteiger partial charge in [-0.05, 0) is 36.4 Å². The average molecular weight is 1350 g/mol. The van der Waals surface area contributed by atoms with E-state index in [4.69, 9.17) is 10.3 Å². The number of halogens is 30. The summed E-state index contributed by atoms with van der Waals surface area (Å²) < 4.78 is 505. The summed E-state index contributed by atoms with van der Waals surface area (Å²) in [5, 5.41) is 13.3. The van der Waals surface area contributed by atoms with E-state index in [1.807, 2.05) is 0 Å². The first-order valence-electron chi connectivity index (χ1n) is 17.5. The van der Waals surface area contributed by atoms with Crippen LogP contribution in [0.3, 0.4) is 0 Å². The Morgan fingerprint density at radius 2 is 0.550 bits per heavy atom. The minimum atomic E-state index is -8.06. The standard InChI is InChI=1S/2C16H4F15N2O4S2.2K/c2*17-4-1-2-6(38(32,34)35)5(3-4)13(22,23)15(26,27)16(28,29)14(24,25)7-8(18)9(19)10(20)11(21)12(7)39(36,37)33(30)31;;/h2*1-3H,(H-,32,34,35);;/q2*-1;2*+1. The molecule has 0 unspecified atom stereocenters. The van der Waals surface area contributed by atoms with Gasteiger partial charge in [0, 0.05) is 11.1 Å². The van der Waals surface area contributed by atoms with E-state index < -0.39 is 209 Å². The first kappa shape index (κ1) is 75.7. The van der Waals surface area contributed by atoms with E-state index in [0.717, 1.165) is 0 Å². The van der Waals surface area contributed by atoms with E-state index in [2.05, 4.69) is 0 Å². The van der Waals surface area contributed by atoms with Gasteiger partial charge in [0.1, 0.15) is 30.9 Å². The van der Waals surface area contributed by atoms with E-state index in [9.17, 15) is 166 Å². The van der Waals surface area contributed by atoms with Gasteiger partial charge in [0.25, 0.3) is 0 Å². The number of benzene rings is 4. The fourth-order valence-corrected chi connectivity index (χ4v) is 9.12. The summed E-state index contributed by atoms with van der Waals surface area (Å²) in [6, 6.07) is -2.83. The summed E-state index contributed by atoms with van der Waals surface area (Å²) >= 11 is 0. The maximum absolute atomic E-state index is 14.7. The van der Waals surface area contributed by atoms with Gasteiger partial charge < -0.3 is 10.3 Å². The van der Waals surface area contributed by atoms with Gasteiger partial charge >= 0.3 is 170 Å². The number of nitrogens with zero attached hydrogens (tertiary/aromatic N) is 2. The van der Waals surface area contributed by atoms with Gasteiger partial charge in [0.05, 0.1) is 41.0 Å². The second kappa shape index (κ2) is 23.9. The third-order valence-electron chi connectivity index (χ3n) is 9.46.